The van der Waals surface area contributed by atoms with Crippen LogP contribution in [0.3, 0.4) is 0 Å². The normalized spacial score (nSPS) is 12.2. The lowest BCUT2D eigenvalue weighted by atomic mass is 10.0. The van der Waals surface area contributed by atoms with Gasteiger partial charge in [0.15, 0.2) is 0 Å². The van der Waals surface area contributed by atoms with Crippen molar-refractivity contribution >= 4 is 11.6 Å². The maximum absolute atomic E-state index is 11.6. The summed E-state index contributed by atoms with van der Waals surface area (Å²) >= 11 is 0. The van der Waals surface area contributed by atoms with Crippen molar-refractivity contribution < 1.29 is 9.90 Å². The molecular formula is C13H19NO2. The third-order valence-corrected chi connectivity index (χ3v) is 2.62. The van der Waals surface area contributed by atoms with Crippen LogP contribution in [0.1, 0.15) is 32.3 Å². The van der Waals surface area contributed by atoms with Crippen molar-refractivity contribution in [3.63, 3.8) is 0 Å². The van der Waals surface area contributed by atoms with Gasteiger partial charge in [-0.05, 0) is 23.6 Å². The average Bonchev–Trinajstić information content (AvgIpc) is 2.28. The fourth-order valence-electron chi connectivity index (χ4n) is 1.42. The van der Waals surface area contributed by atoms with Crippen LogP contribution in [0.2, 0.25) is 0 Å². The van der Waals surface area contributed by atoms with E-state index < -0.39 is 0 Å². The van der Waals surface area contributed by atoms with Crippen molar-refractivity contribution in [1.29, 1.82) is 0 Å². The molecule has 0 saturated carbocycles. The van der Waals surface area contributed by atoms with Gasteiger partial charge in [0.25, 0.3) is 0 Å². The number of rotatable bonds is 5. The van der Waals surface area contributed by atoms with Crippen LogP contribution >= 0.6 is 0 Å². The summed E-state index contributed by atoms with van der Waals surface area (Å²) in [5, 5.41) is 11.8. The molecule has 3 heteroatoms. The molecule has 1 aromatic carbocycles. The van der Waals surface area contributed by atoms with Crippen molar-refractivity contribution in [1.82, 2.24) is 0 Å². The van der Waals surface area contributed by atoms with E-state index in [0.29, 0.717) is 12.3 Å². The molecule has 0 radical (unpaired) electrons. The van der Waals surface area contributed by atoms with E-state index in [0.717, 1.165) is 17.7 Å². The summed E-state index contributed by atoms with van der Waals surface area (Å²) in [5.74, 6) is 0.436. The minimum atomic E-state index is -0.00489. The Morgan fingerprint density at radius 2 is 2.25 bits per heavy atom. The zero-order valence-corrected chi connectivity index (χ0v) is 9.86. The lowest BCUT2D eigenvalue weighted by Crippen LogP contribution is -2.14. The SMILES string of the molecule is CCC(C)CC(=O)Nc1cccc(CO)c1. The Kier molecular flexibility index (Phi) is 4.99. The second-order valence-electron chi connectivity index (χ2n) is 4.12. The second kappa shape index (κ2) is 6.28. The van der Waals surface area contributed by atoms with Gasteiger partial charge in [0.1, 0.15) is 0 Å². The fraction of sp³-hybridized carbons (Fsp3) is 0.462. The molecule has 2 N–H and O–H groups in total. The summed E-state index contributed by atoms with van der Waals surface area (Å²) in [7, 11) is 0. The molecule has 3 nitrogen and oxygen atoms in total. The number of nitrogens with one attached hydrogen (secondary N) is 1. The standard InChI is InChI=1S/C13H19NO2/c1-3-10(2)7-13(16)14-12-6-4-5-11(8-12)9-15/h4-6,8,10,15H,3,7,9H2,1-2H3,(H,14,16). The molecule has 0 heterocycles. The van der Waals surface area contributed by atoms with E-state index in [1.165, 1.54) is 0 Å². The third kappa shape index (κ3) is 4.03. The van der Waals surface area contributed by atoms with Crippen LogP contribution in [-0.2, 0) is 11.4 Å². The smallest absolute Gasteiger partial charge is 0.224 e. The van der Waals surface area contributed by atoms with E-state index >= 15 is 0 Å². The maximum atomic E-state index is 11.6. The van der Waals surface area contributed by atoms with Gasteiger partial charge in [-0.2, -0.15) is 0 Å². The molecule has 0 aliphatic rings. The van der Waals surface area contributed by atoms with Gasteiger partial charge in [-0.25, -0.2) is 0 Å². The maximum Gasteiger partial charge on any atom is 0.224 e. The molecule has 0 spiro atoms. The first kappa shape index (κ1) is 12.7. The van der Waals surface area contributed by atoms with Crippen molar-refractivity contribution in [2.75, 3.05) is 5.32 Å². The number of carbonyl (C=O) groups is 1. The molecule has 0 aromatic heterocycles. The van der Waals surface area contributed by atoms with Crippen LogP contribution in [0.5, 0.6) is 0 Å². The molecule has 88 valence electrons. The molecule has 1 amide bonds. The van der Waals surface area contributed by atoms with Gasteiger partial charge in [-0.1, -0.05) is 32.4 Å². The number of aliphatic hydroxyl groups is 1. The molecule has 16 heavy (non-hydrogen) atoms. The van der Waals surface area contributed by atoms with Crippen LogP contribution in [0, 0.1) is 5.92 Å². The molecule has 0 fully saturated rings. The molecule has 0 aliphatic heterocycles. The quantitative estimate of drug-likeness (QED) is 0.802. The van der Waals surface area contributed by atoms with E-state index in [1.807, 2.05) is 18.2 Å². The second-order valence-corrected chi connectivity index (χ2v) is 4.12. The lowest BCUT2D eigenvalue weighted by Gasteiger charge is -2.09. The Balaban J connectivity index is 2.55. The summed E-state index contributed by atoms with van der Waals surface area (Å²) in [5.41, 5.74) is 1.56. The average molecular weight is 221 g/mol. The first-order valence-electron chi connectivity index (χ1n) is 5.65. The molecule has 0 saturated heterocycles. The van der Waals surface area contributed by atoms with Crippen molar-refractivity contribution in [3.8, 4) is 0 Å². The van der Waals surface area contributed by atoms with Crippen LogP contribution in [0.25, 0.3) is 0 Å². The number of benzene rings is 1. The lowest BCUT2D eigenvalue weighted by molar-refractivity contribution is -0.117. The summed E-state index contributed by atoms with van der Waals surface area (Å²) < 4.78 is 0. The summed E-state index contributed by atoms with van der Waals surface area (Å²) in [4.78, 5) is 11.6. The topological polar surface area (TPSA) is 49.3 Å². The zero-order valence-electron chi connectivity index (χ0n) is 9.86. The fourth-order valence-corrected chi connectivity index (χ4v) is 1.42. The molecule has 1 rings (SSSR count). The largest absolute Gasteiger partial charge is 0.392 e. The Morgan fingerprint density at radius 1 is 1.50 bits per heavy atom. The first-order valence-corrected chi connectivity index (χ1v) is 5.65. The number of hydrogen-bond acceptors (Lipinski definition) is 2. The number of carbonyl (C=O) groups excluding carboxylic acids is 1. The van der Waals surface area contributed by atoms with E-state index in [4.69, 9.17) is 5.11 Å². The molecule has 0 aliphatic carbocycles. The molecule has 0 bridgehead atoms. The van der Waals surface area contributed by atoms with Crippen LogP contribution in [0.15, 0.2) is 24.3 Å². The van der Waals surface area contributed by atoms with Gasteiger partial charge in [0.2, 0.25) is 5.91 Å². The third-order valence-electron chi connectivity index (χ3n) is 2.62. The Hall–Kier alpha value is -1.35. The summed E-state index contributed by atoms with van der Waals surface area (Å²) in [6.07, 6.45) is 1.55. The van der Waals surface area contributed by atoms with Gasteiger partial charge in [-0.3, -0.25) is 4.79 Å². The monoisotopic (exact) mass is 221 g/mol. The van der Waals surface area contributed by atoms with Gasteiger partial charge in [0.05, 0.1) is 6.61 Å². The van der Waals surface area contributed by atoms with E-state index in [2.05, 4.69) is 19.2 Å². The summed E-state index contributed by atoms with van der Waals surface area (Å²) in [6.45, 7) is 4.13. The van der Waals surface area contributed by atoms with Crippen LogP contribution in [0.4, 0.5) is 5.69 Å². The van der Waals surface area contributed by atoms with Crippen molar-refractivity contribution in [3.05, 3.63) is 29.8 Å². The molecular weight excluding hydrogens is 202 g/mol. The number of aliphatic hydroxyl groups excluding tert-OH is 1. The van der Waals surface area contributed by atoms with Gasteiger partial charge < -0.3 is 10.4 Å². The van der Waals surface area contributed by atoms with E-state index in [9.17, 15) is 4.79 Å². The van der Waals surface area contributed by atoms with E-state index in [1.54, 1.807) is 6.07 Å². The molecule has 1 unspecified atom stereocenters. The van der Waals surface area contributed by atoms with Gasteiger partial charge >= 0.3 is 0 Å². The molecule has 1 atom stereocenters. The highest BCUT2D eigenvalue weighted by Gasteiger charge is 2.07. The number of anilines is 1. The molecule has 1 aromatic rings. The van der Waals surface area contributed by atoms with Gasteiger partial charge in [-0.15, -0.1) is 0 Å². The van der Waals surface area contributed by atoms with Crippen molar-refractivity contribution in [2.45, 2.75) is 33.3 Å². The predicted molar refractivity (Wildman–Crippen MR) is 65.1 cm³/mol. The number of hydrogen-bond donors (Lipinski definition) is 2. The minimum absolute atomic E-state index is 0.00489. The van der Waals surface area contributed by atoms with Crippen LogP contribution in [-0.4, -0.2) is 11.0 Å². The number of amides is 1. The highest BCUT2D eigenvalue weighted by Crippen LogP contribution is 2.13. The zero-order chi connectivity index (χ0) is 12.0. The van der Waals surface area contributed by atoms with Crippen LogP contribution < -0.4 is 5.32 Å². The first-order chi connectivity index (χ1) is 7.65. The van der Waals surface area contributed by atoms with Crippen molar-refractivity contribution in [2.24, 2.45) is 5.92 Å². The highest BCUT2D eigenvalue weighted by molar-refractivity contribution is 5.90. The minimum Gasteiger partial charge on any atom is -0.392 e. The Bertz CT molecular complexity index is 350. The highest BCUT2D eigenvalue weighted by atomic mass is 16.3. The Morgan fingerprint density at radius 3 is 2.88 bits per heavy atom. The Labute approximate surface area is 96.5 Å². The predicted octanol–water partition coefficient (Wildman–Crippen LogP) is 2.55. The van der Waals surface area contributed by atoms with E-state index in [-0.39, 0.29) is 12.5 Å². The van der Waals surface area contributed by atoms with Gasteiger partial charge in [0, 0.05) is 12.1 Å². The summed E-state index contributed by atoms with van der Waals surface area (Å²) in [6, 6.07) is 7.26.